The third-order valence-electron chi connectivity index (χ3n) is 3.34. The van der Waals surface area contributed by atoms with Crippen molar-refractivity contribution in [2.75, 3.05) is 19.6 Å². The average Bonchev–Trinajstić information content (AvgIpc) is 2.71. The Morgan fingerprint density at radius 3 is 2.23 bits per heavy atom. The van der Waals surface area contributed by atoms with Crippen LogP contribution in [0.25, 0.3) is 0 Å². The predicted molar refractivity (Wildman–Crippen MR) is 85.2 cm³/mol. The Hall–Kier alpha value is -1.92. The molecule has 0 fully saturated rings. The van der Waals surface area contributed by atoms with E-state index in [1.807, 2.05) is 13.8 Å². The van der Waals surface area contributed by atoms with Gasteiger partial charge in [0.15, 0.2) is 0 Å². The lowest BCUT2D eigenvalue weighted by Gasteiger charge is -2.16. The highest BCUT2D eigenvalue weighted by molar-refractivity contribution is 6.22. The van der Waals surface area contributed by atoms with Crippen LogP contribution in [0.1, 0.15) is 34.6 Å². The minimum absolute atomic E-state index is 0. The van der Waals surface area contributed by atoms with Crippen LogP contribution in [0.4, 0.5) is 0 Å². The van der Waals surface area contributed by atoms with Crippen molar-refractivity contribution in [2.24, 2.45) is 0 Å². The highest BCUT2D eigenvalue weighted by Gasteiger charge is 2.36. The van der Waals surface area contributed by atoms with Crippen LogP contribution in [-0.4, -0.2) is 48.3 Å². The molecule has 7 heteroatoms. The smallest absolute Gasteiger partial charge is 0.262 e. The van der Waals surface area contributed by atoms with E-state index in [1.54, 1.807) is 24.3 Å². The number of nitrogens with one attached hydrogen (secondary N) is 2. The minimum atomic E-state index is -0.412. The minimum Gasteiger partial charge on any atom is -0.353 e. The van der Waals surface area contributed by atoms with Crippen LogP contribution in [0.3, 0.4) is 0 Å². The van der Waals surface area contributed by atoms with Gasteiger partial charge in [0.1, 0.15) is 6.54 Å². The second-order valence-electron chi connectivity index (χ2n) is 5.00. The van der Waals surface area contributed by atoms with Crippen molar-refractivity contribution in [2.45, 2.75) is 19.9 Å². The highest BCUT2D eigenvalue weighted by Crippen LogP contribution is 2.21. The van der Waals surface area contributed by atoms with Crippen LogP contribution >= 0.6 is 12.4 Å². The first kappa shape index (κ1) is 18.1. The molecule has 1 aliphatic heterocycles. The Balaban J connectivity index is 0.00000242. The fraction of sp³-hybridized carbons (Fsp3) is 0.400. The summed E-state index contributed by atoms with van der Waals surface area (Å²) in [5, 5.41) is 5.88. The lowest BCUT2D eigenvalue weighted by Crippen LogP contribution is -2.44. The molecule has 0 aliphatic carbocycles. The molecular weight excluding hydrogens is 306 g/mol. The molecule has 2 N–H and O–H groups in total. The molecule has 1 atom stereocenters. The zero-order chi connectivity index (χ0) is 15.4. The summed E-state index contributed by atoms with van der Waals surface area (Å²) in [6.45, 7) is 4.96. The van der Waals surface area contributed by atoms with Crippen molar-refractivity contribution in [3.05, 3.63) is 35.4 Å². The van der Waals surface area contributed by atoms with Crippen molar-refractivity contribution in [1.29, 1.82) is 0 Å². The Morgan fingerprint density at radius 1 is 1.18 bits per heavy atom. The van der Waals surface area contributed by atoms with Crippen molar-refractivity contribution < 1.29 is 14.4 Å². The van der Waals surface area contributed by atoms with Crippen molar-refractivity contribution >= 4 is 30.1 Å². The number of benzene rings is 1. The molecule has 22 heavy (non-hydrogen) atoms. The predicted octanol–water partition coefficient (Wildman–Crippen LogP) is 0.819. The van der Waals surface area contributed by atoms with Gasteiger partial charge in [-0.05, 0) is 25.6 Å². The number of hydrogen-bond donors (Lipinski definition) is 2. The van der Waals surface area contributed by atoms with Gasteiger partial charge in [0, 0.05) is 12.6 Å². The van der Waals surface area contributed by atoms with Gasteiger partial charge < -0.3 is 10.6 Å². The number of amides is 3. The summed E-state index contributed by atoms with van der Waals surface area (Å²) in [4.78, 5) is 37.0. The van der Waals surface area contributed by atoms with Crippen LogP contribution in [0.15, 0.2) is 24.3 Å². The van der Waals surface area contributed by atoms with Crippen molar-refractivity contribution in [3.8, 4) is 0 Å². The molecule has 1 aromatic carbocycles. The summed E-state index contributed by atoms with van der Waals surface area (Å²) in [5.74, 6) is -1.16. The molecule has 0 saturated carbocycles. The zero-order valence-corrected chi connectivity index (χ0v) is 13.4. The van der Waals surface area contributed by atoms with Gasteiger partial charge in [0.05, 0.1) is 11.1 Å². The molecule has 0 bridgehead atoms. The summed E-state index contributed by atoms with van der Waals surface area (Å²) in [6, 6.07) is 6.74. The van der Waals surface area contributed by atoms with Gasteiger partial charge in [0.2, 0.25) is 5.91 Å². The number of rotatable bonds is 6. The Kier molecular flexibility index (Phi) is 6.52. The summed E-state index contributed by atoms with van der Waals surface area (Å²) < 4.78 is 0. The van der Waals surface area contributed by atoms with Crippen LogP contribution in [0.2, 0.25) is 0 Å². The van der Waals surface area contributed by atoms with E-state index in [1.165, 1.54) is 0 Å². The lowest BCUT2D eigenvalue weighted by molar-refractivity contribution is -0.121. The molecule has 2 rings (SSSR count). The monoisotopic (exact) mass is 325 g/mol. The third kappa shape index (κ3) is 3.84. The fourth-order valence-electron chi connectivity index (χ4n) is 2.27. The number of carbonyl (C=O) groups is 3. The quantitative estimate of drug-likeness (QED) is 0.759. The number of fused-ring (bicyclic) bond motifs is 1. The zero-order valence-electron chi connectivity index (χ0n) is 12.6. The molecule has 3 amide bonds. The van der Waals surface area contributed by atoms with E-state index in [0.717, 1.165) is 11.4 Å². The molecule has 0 aromatic heterocycles. The third-order valence-corrected chi connectivity index (χ3v) is 3.34. The number of nitrogens with zero attached hydrogens (tertiary/aromatic N) is 1. The van der Waals surface area contributed by atoms with Crippen molar-refractivity contribution in [3.63, 3.8) is 0 Å². The van der Waals surface area contributed by atoms with Gasteiger partial charge >= 0.3 is 0 Å². The van der Waals surface area contributed by atoms with E-state index < -0.39 is 11.8 Å². The SMILES string of the molecule is CCN[C@H](C)CNC(=O)CN1C(=O)c2ccccc2C1=O.Cl. The van der Waals surface area contributed by atoms with Crippen LogP contribution in [0, 0.1) is 0 Å². The van der Waals surface area contributed by atoms with E-state index >= 15 is 0 Å². The van der Waals surface area contributed by atoms with E-state index in [4.69, 9.17) is 0 Å². The maximum absolute atomic E-state index is 12.1. The van der Waals surface area contributed by atoms with E-state index in [-0.39, 0.29) is 30.9 Å². The van der Waals surface area contributed by atoms with Crippen molar-refractivity contribution in [1.82, 2.24) is 15.5 Å². The summed E-state index contributed by atoms with van der Waals surface area (Å²) in [6.07, 6.45) is 0. The first-order valence-corrected chi connectivity index (χ1v) is 7.00. The number of halogens is 1. The first-order chi connectivity index (χ1) is 10.0. The average molecular weight is 326 g/mol. The van der Waals surface area contributed by atoms with Crippen LogP contribution in [0.5, 0.6) is 0 Å². The number of imide groups is 1. The molecule has 1 aromatic rings. The molecule has 6 nitrogen and oxygen atoms in total. The Labute approximate surface area is 135 Å². The molecule has 0 radical (unpaired) electrons. The van der Waals surface area contributed by atoms with Gasteiger partial charge in [-0.1, -0.05) is 19.1 Å². The summed E-state index contributed by atoms with van der Waals surface area (Å²) in [7, 11) is 0. The van der Waals surface area contributed by atoms with Crippen LogP contribution < -0.4 is 10.6 Å². The maximum Gasteiger partial charge on any atom is 0.262 e. The van der Waals surface area contributed by atoms with Gasteiger partial charge in [-0.3, -0.25) is 19.3 Å². The fourth-order valence-corrected chi connectivity index (χ4v) is 2.27. The van der Waals surface area contributed by atoms with Gasteiger partial charge in [-0.25, -0.2) is 0 Å². The summed E-state index contributed by atoms with van der Waals surface area (Å²) in [5.41, 5.74) is 0.715. The molecule has 0 saturated heterocycles. The number of hydrogen-bond acceptors (Lipinski definition) is 4. The second-order valence-corrected chi connectivity index (χ2v) is 5.00. The molecular formula is C15H20ClN3O3. The number of carbonyl (C=O) groups excluding carboxylic acids is 3. The molecule has 1 aliphatic rings. The molecule has 1 heterocycles. The second kappa shape index (κ2) is 7.91. The maximum atomic E-state index is 12.1. The topological polar surface area (TPSA) is 78.5 Å². The highest BCUT2D eigenvalue weighted by atomic mass is 35.5. The Morgan fingerprint density at radius 2 is 1.73 bits per heavy atom. The molecule has 0 unspecified atom stereocenters. The lowest BCUT2D eigenvalue weighted by atomic mass is 10.1. The van der Waals surface area contributed by atoms with E-state index in [2.05, 4.69) is 10.6 Å². The van der Waals surface area contributed by atoms with Gasteiger partial charge in [-0.15, -0.1) is 12.4 Å². The Bertz CT molecular complexity index is 542. The van der Waals surface area contributed by atoms with Gasteiger partial charge in [-0.2, -0.15) is 0 Å². The standard InChI is InChI=1S/C15H19N3O3.ClH/c1-3-16-10(2)8-17-13(19)9-18-14(20)11-6-4-5-7-12(11)15(18)21;/h4-7,10,16H,3,8-9H2,1-2H3,(H,17,19);1H/t10-;/m1./s1. The van der Waals surface area contributed by atoms with Crippen LogP contribution in [-0.2, 0) is 4.79 Å². The normalized spacial score (nSPS) is 14.4. The van der Waals surface area contributed by atoms with E-state index in [0.29, 0.717) is 17.7 Å². The number of likely N-dealkylation sites (N-methyl/N-ethyl adjacent to an activating group) is 1. The van der Waals surface area contributed by atoms with Gasteiger partial charge in [0.25, 0.3) is 11.8 Å². The first-order valence-electron chi connectivity index (χ1n) is 7.00. The van der Waals surface area contributed by atoms with E-state index in [9.17, 15) is 14.4 Å². The largest absolute Gasteiger partial charge is 0.353 e. The summed E-state index contributed by atoms with van der Waals surface area (Å²) >= 11 is 0. The molecule has 120 valence electrons. The molecule has 0 spiro atoms.